The van der Waals surface area contributed by atoms with E-state index < -0.39 is 0 Å². The average Bonchev–Trinajstić information content (AvgIpc) is 3.10. The van der Waals surface area contributed by atoms with Crippen molar-refractivity contribution in [1.29, 1.82) is 0 Å². The minimum Gasteiger partial charge on any atom is -0.348 e. The average molecular weight is 322 g/mol. The Kier molecular flexibility index (Phi) is 4.71. The van der Waals surface area contributed by atoms with Crippen LogP contribution in [0.4, 0.5) is 0 Å². The molecule has 2 aliphatic rings. The van der Waals surface area contributed by atoms with Crippen LogP contribution in [-0.4, -0.2) is 43.5 Å². The number of halogens is 1. The SMILES string of the molecule is CC(NC(=O)CN1CCC2(CCNC2)C1)c1ccccc1Cl. The van der Waals surface area contributed by atoms with E-state index in [1.54, 1.807) is 0 Å². The number of hydrogen-bond acceptors (Lipinski definition) is 3. The number of likely N-dealkylation sites (tertiary alicyclic amines) is 1. The predicted octanol–water partition coefficient (Wildman–Crippen LogP) is 2.20. The lowest BCUT2D eigenvalue weighted by Gasteiger charge is -2.23. The monoisotopic (exact) mass is 321 g/mol. The molecule has 2 saturated heterocycles. The van der Waals surface area contributed by atoms with Gasteiger partial charge < -0.3 is 10.6 Å². The molecule has 1 aromatic rings. The molecule has 0 radical (unpaired) electrons. The van der Waals surface area contributed by atoms with Crippen molar-refractivity contribution < 1.29 is 4.79 Å². The lowest BCUT2D eigenvalue weighted by Crippen LogP contribution is -2.38. The summed E-state index contributed by atoms with van der Waals surface area (Å²) < 4.78 is 0. The van der Waals surface area contributed by atoms with E-state index in [4.69, 9.17) is 11.6 Å². The number of hydrogen-bond donors (Lipinski definition) is 2. The number of benzene rings is 1. The Morgan fingerprint density at radius 2 is 2.27 bits per heavy atom. The molecule has 4 nitrogen and oxygen atoms in total. The van der Waals surface area contributed by atoms with Crippen molar-refractivity contribution in [3.63, 3.8) is 0 Å². The molecule has 2 N–H and O–H groups in total. The van der Waals surface area contributed by atoms with E-state index in [0.29, 0.717) is 17.0 Å². The van der Waals surface area contributed by atoms with Crippen molar-refractivity contribution in [3.05, 3.63) is 34.9 Å². The molecule has 0 aliphatic carbocycles. The molecule has 22 heavy (non-hydrogen) atoms. The van der Waals surface area contributed by atoms with Crippen LogP contribution in [0.2, 0.25) is 5.02 Å². The number of nitrogens with one attached hydrogen (secondary N) is 2. The van der Waals surface area contributed by atoms with Gasteiger partial charge in [0, 0.05) is 18.1 Å². The highest BCUT2D eigenvalue weighted by Crippen LogP contribution is 2.35. The zero-order valence-corrected chi connectivity index (χ0v) is 13.8. The molecule has 2 heterocycles. The van der Waals surface area contributed by atoms with Gasteiger partial charge in [0.25, 0.3) is 0 Å². The van der Waals surface area contributed by atoms with Crippen LogP contribution in [-0.2, 0) is 4.79 Å². The van der Waals surface area contributed by atoms with Crippen LogP contribution in [0, 0.1) is 5.41 Å². The third-order valence-electron chi connectivity index (χ3n) is 4.97. The van der Waals surface area contributed by atoms with E-state index in [0.717, 1.165) is 31.7 Å². The first-order valence-electron chi connectivity index (χ1n) is 8.05. The van der Waals surface area contributed by atoms with Gasteiger partial charge in [-0.3, -0.25) is 9.69 Å². The number of rotatable bonds is 4. The minimum absolute atomic E-state index is 0.0640. The molecule has 1 aromatic carbocycles. The second-order valence-corrected chi connectivity index (χ2v) is 7.11. The number of amides is 1. The molecule has 0 aromatic heterocycles. The topological polar surface area (TPSA) is 44.4 Å². The Labute approximate surface area is 137 Å². The Hall–Kier alpha value is -1.10. The molecular weight excluding hydrogens is 298 g/mol. The fourth-order valence-electron chi connectivity index (χ4n) is 3.70. The molecule has 1 spiro atoms. The van der Waals surface area contributed by atoms with Gasteiger partial charge in [-0.25, -0.2) is 0 Å². The van der Waals surface area contributed by atoms with Crippen molar-refractivity contribution in [2.24, 2.45) is 5.41 Å². The van der Waals surface area contributed by atoms with Crippen LogP contribution in [0.25, 0.3) is 0 Å². The van der Waals surface area contributed by atoms with Crippen molar-refractivity contribution in [2.75, 3.05) is 32.7 Å². The third kappa shape index (κ3) is 3.45. The summed E-state index contributed by atoms with van der Waals surface area (Å²) in [5, 5.41) is 7.21. The number of carbonyl (C=O) groups is 1. The predicted molar refractivity (Wildman–Crippen MR) is 89.0 cm³/mol. The summed E-state index contributed by atoms with van der Waals surface area (Å²) in [4.78, 5) is 14.6. The van der Waals surface area contributed by atoms with E-state index in [9.17, 15) is 4.79 Å². The molecule has 1 amide bonds. The highest BCUT2D eigenvalue weighted by atomic mass is 35.5. The van der Waals surface area contributed by atoms with Crippen LogP contribution < -0.4 is 10.6 Å². The van der Waals surface area contributed by atoms with Crippen LogP contribution in [0.3, 0.4) is 0 Å². The standard InChI is InChI=1S/C17H24ClN3O/c1-13(14-4-2-3-5-15(14)18)20-16(22)10-21-9-7-17(12-21)6-8-19-11-17/h2-5,13,19H,6-12H2,1H3,(H,20,22). The molecule has 0 bridgehead atoms. The summed E-state index contributed by atoms with van der Waals surface area (Å²) in [5.74, 6) is 0.0791. The van der Waals surface area contributed by atoms with Gasteiger partial charge in [0.15, 0.2) is 0 Å². The molecule has 2 aliphatic heterocycles. The van der Waals surface area contributed by atoms with Gasteiger partial charge >= 0.3 is 0 Å². The summed E-state index contributed by atoms with van der Waals surface area (Å²) in [6.07, 6.45) is 2.44. The van der Waals surface area contributed by atoms with Crippen molar-refractivity contribution in [3.8, 4) is 0 Å². The Morgan fingerprint density at radius 3 is 3.00 bits per heavy atom. The van der Waals surface area contributed by atoms with Crippen molar-refractivity contribution in [1.82, 2.24) is 15.5 Å². The summed E-state index contributed by atoms with van der Waals surface area (Å²) in [7, 11) is 0. The van der Waals surface area contributed by atoms with Gasteiger partial charge in [0.1, 0.15) is 0 Å². The summed E-state index contributed by atoms with van der Waals surface area (Å²) in [5.41, 5.74) is 1.38. The summed E-state index contributed by atoms with van der Waals surface area (Å²) in [6, 6.07) is 7.60. The van der Waals surface area contributed by atoms with Gasteiger partial charge in [0.2, 0.25) is 5.91 Å². The van der Waals surface area contributed by atoms with E-state index >= 15 is 0 Å². The van der Waals surface area contributed by atoms with E-state index in [1.807, 2.05) is 31.2 Å². The second kappa shape index (κ2) is 6.57. The van der Waals surface area contributed by atoms with Gasteiger partial charge in [0.05, 0.1) is 12.6 Å². The fraction of sp³-hybridized carbons (Fsp3) is 0.588. The molecule has 2 unspecified atom stereocenters. The lowest BCUT2D eigenvalue weighted by molar-refractivity contribution is -0.122. The van der Waals surface area contributed by atoms with E-state index in [1.165, 1.54) is 12.8 Å². The van der Waals surface area contributed by atoms with E-state index in [-0.39, 0.29) is 11.9 Å². The fourth-order valence-corrected chi connectivity index (χ4v) is 4.00. The zero-order valence-electron chi connectivity index (χ0n) is 13.1. The Balaban J connectivity index is 1.52. The maximum absolute atomic E-state index is 12.3. The Bertz CT molecular complexity index is 542. The second-order valence-electron chi connectivity index (χ2n) is 6.70. The maximum Gasteiger partial charge on any atom is 0.234 e. The first kappa shape index (κ1) is 15.8. The zero-order chi connectivity index (χ0) is 15.6. The normalized spacial score (nSPS) is 26.5. The molecule has 3 rings (SSSR count). The quantitative estimate of drug-likeness (QED) is 0.893. The Morgan fingerprint density at radius 1 is 1.45 bits per heavy atom. The van der Waals surface area contributed by atoms with Crippen LogP contribution in [0.15, 0.2) is 24.3 Å². The van der Waals surface area contributed by atoms with Gasteiger partial charge in [-0.2, -0.15) is 0 Å². The van der Waals surface area contributed by atoms with Crippen molar-refractivity contribution in [2.45, 2.75) is 25.8 Å². The van der Waals surface area contributed by atoms with Crippen LogP contribution in [0.1, 0.15) is 31.4 Å². The van der Waals surface area contributed by atoms with E-state index in [2.05, 4.69) is 15.5 Å². The van der Waals surface area contributed by atoms with Crippen LogP contribution in [0.5, 0.6) is 0 Å². The maximum atomic E-state index is 12.3. The molecular formula is C17H24ClN3O. The molecule has 5 heteroatoms. The third-order valence-corrected chi connectivity index (χ3v) is 5.31. The highest BCUT2D eigenvalue weighted by molar-refractivity contribution is 6.31. The van der Waals surface area contributed by atoms with Gasteiger partial charge in [-0.1, -0.05) is 29.8 Å². The molecule has 2 atom stereocenters. The number of nitrogens with zero attached hydrogens (tertiary/aromatic N) is 1. The first-order valence-corrected chi connectivity index (χ1v) is 8.43. The largest absolute Gasteiger partial charge is 0.348 e. The smallest absolute Gasteiger partial charge is 0.234 e. The molecule has 0 saturated carbocycles. The van der Waals surface area contributed by atoms with Gasteiger partial charge in [-0.05, 0) is 49.9 Å². The van der Waals surface area contributed by atoms with Crippen LogP contribution >= 0.6 is 11.6 Å². The first-order chi connectivity index (χ1) is 10.6. The molecule has 2 fully saturated rings. The lowest BCUT2D eigenvalue weighted by atomic mass is 9.87. The minimum atomic E-state index is -0.0640. The summed E-state index contributed by atoms with van der Waals surface area (Å²) in [6.45, 7) is 6.73. The highest BCUT2D eigenvalue weighted by Gasteiger charge is 2.40. The molecule has 120 valence electrons. The van der Waals surface area contributed by atoms with Crippen molar-refractivity contribution >= 4 is 17.5 Å². The number of carbonyl (C=O) groups excluding carboxylic acids is 1. The van der Waals surface area contributed by atoms with Gasteiger partial charge in [-0.15, -0.1) is 0 Å². The summed E-state index contributed by atoms with van der Waals surface area (Å²) >= 11 is 6.19.